The Morgan fingerprint density at radius 3 is 2.78 bits per heavy atom. The van der Waals surface area contributed by atoms with Crippen LogP contribution in [0.2, 0.25) is 5.02 Å². The lowest BCUT2D eigenvalue weighted by molar-refractivity contribution is -0.118. The van der Waals surface area contributed by atoms with E-state index < -0.39 is 0 Å². The lowest BCUT2D eigenvalue weighted by Gasteiger charge is -2.06. The topological polar surface area (TPSA) is 64.1 Å². The first-order valence-electron chi connectivity index (χ1n) is 5.19. The van der Waals surface area contributed by atoms with E-state index in [1.54, 1.807) is 30.3 Å². The van der Waals surface area contributed by atoms with Crippen LogP contribution in [0.4, 0.5) is 5.69 Å². The van der Waals surface area contributed by atoms with Gasteiger partial charge in [-0.2, -0.15) is 0 Å². The van der Waals surface area contributed by atoms with Crippen molar-refractivity contribution in [3.8, 4) is 6.01 Å². The summed E-state index contributed by atoms with van der Waals surface area (Å²) >= 11 is 5.80. The zero-order valence-electron chi connectivity index (χ0n) is 9.34. The fourth-order valence-electron chi connectivity index (χ4n) is 1.25. The first-order valence-corrected chi connectivity index (χ1v) is 5.57. The van der Waals surface area contributed by atoms with Crippen LogP contribution >= 0.6 is 11.6 Å². The molecule has 1 heterocycles. The fraction of sp³-hybridized carbons (Fsp3) is 0.0833. The number of aromatic nitrogens is 2. The van der Waals surface area contributed by atoms with Gasteiger partial charge in [0.25, 0.3) is 5.91 Å². The Morgan fingerprint density at radius 2 is 2.06 bits per heavy atom. The molecule has 0 radical (unpaired) electrons. The highest BCUT2D eigenvalue weighted by molar-refractivity contribution is 6.30. The average Bonchev–Trinajstić information content (AvgIpc) is 2.38. The molecular formula is C12H10ClN3O2. The number of anilines is 1. The van der Waals surface area contributed by atoms with E-state index >= 15 is 0 Å². The predicted molar refractivity (Wildman–Crippen MR) is 67.6 cm³/mol. The molecule has 18 heavy (non-hydrogen) atoms. The fourth-order valence-corrected chi connectivity index (χ4v) is 1.44. The summed E-state index contributed by atoms with van der Waals surface area (Å²) in [6, 6.07) is 8.70. The number of amides is 1. The van der Waals surface area contributed by atoms with Crippen molar-refractivity contribution in [3.05, 3.63) is 47.7 Å². The number of carbonyl (C=O) groups excluding carboxylic acids is 1. The van der Waals surface area contributed by atoms with Crippen molar-refractivity contribution in [3.63, 3.8) is 0 Å². The highest BCUT2D eigenvalue weighted by Crippen LogP contribution is 2.14. The number of rotatable bonds is 4. The molecule has 0 atom stereocenters. The molecule has 1 N–H and O–H groups in total. The minimum Gasteiger partial charge on any atom is -0.453 e. The Morgan fingerprint density at radius 1 is 1.28 bits per heavy atom. The predicted octanol–water partition coefficient (Wildman–Crippen LogP) is 2.15. The van der Waals surface area contributed by atoms with Gasteiger partial charge in [0, 0.05) is 23.1 Å². The highest BCUT2D eigenvalue weighted by atomic mass is 35.5. The van der Waals surface area contributed by atoms with E-state index in [2.05, 4.69) is 15.3 Å². The summed E-state index contributed by atoms with van der Waals surface area (Å²) in [4.78, 5) is 19.2. The van der Waals surface area contributed by atoms with Gasteiger partial charge in [-0.1, -0.05) is 17.7 Å². The van der Waals surface area contributed by atoms with Gasteiger partial charge in [-0.25, -0.2) is 9.97 Å². The van der Waals surface area contributed by atoms with E-state index in [1.807, 2.05) is 0 Å². The van der Waals surface area contributed by atoms with Crippen molar-refractivity contribution < 1.29 is 9.53 Å². The van der Waals surface area contributed by atoms with E-state index in [9.17, 15) is 4.79 Å². The van der Waals surface area contributed by atoms with Gasteiger partial charge in [-0.05, 0) is 24.3 Å². The second-order valence-electron chi connectivity index (χ2n) is 3.38. The van der Waals surface area contributed by atoms with Crippen LogP contribution < -0.4 is 10.1 Å². The molecule has 2 aromatic rings. The maximum absolute atomic E-state index is 11.6. The van der Waals surface area contributed by atoms with Crippen molar-refractivity contribution in [2.75, 3.05) is 11.9 Å². The van der Waals surface area contributed by atoms with Crippen molar-refractivity contribution in [1.29, 1.82) is 0 Å². The third-order valence-electron chi connectivity index (χ3n) is 1.98. The number of carbonyl (C=O) groups is 1. The average molecular weight is 264 g/mol. The quantitative estimate of drug-likeness (QED) is 0.918. The molecule has 0 saturated heterocycles. The number of halogens is 1. The first-order chi connectivity index (χ1) is 8.74. The van der Waals surface area contributed by atoms with Crippen molar-refractivity contribution in [1.82, 2.24) is 9.97 Å². The van der Waals surface area contributed by atoms with Gasteiger partial charge in [0.2, 0.25) is 0 Å². The van der Waals surface area contributed by atoms with Crippen LogP contribution in [0.25, 0.3) is 0 Å². The Balaban J connectivity index is 1.86. The molecule has 6 heteroatoms. The monoisotopic (exact) mass is 263 g/mol. The molecule has 0 spiro atoms. The van der Waals surface area contributed by atoms with Crippen LogP contribution in [-0.4, -0.2) is 22.5 Å². The molecule has 1 aromatic heterocycles. The van der Waals surface area contributed by atoms with E-state index in [-0.39, 0.29) is 18.5 Å². The van der Waals surface area contributed by atoms with Gasteiger partial charge in [0.1, 0.15) is 0 Å². The molecule has 0 unspecified atom stereocenters. The number of nitrogens with one attached hydrogen (secondary N) is 1. The van der Waals surface area contributed by atoms with E-state index in [4.69, 9.17) is 16.3 Å². The number of benzene rings is 1. The lowest BCUT2D eigenvalue weighted by Crippen LogP contribution is -2.20. The summed E-state index contributed by atoms with van der Waals surface area (Å²) in [5.41, 5.74) is 0.616. The Hall–Kier alpha value is -2.14. The van der Waals surface area contributed by atoms with Crippen LogP contribution in [0.5, 0.6) is 6.01 Å². The van der Waals surface area contributed by atoms with Gasteiger partial charge in [-0.3, -0.25) is 4.79 Å². The molecule has 0 aliphatic heterocycles. The van der Waals surface area contributed by atoms with E-state index in [0.29, 0.717) is 10.7 Å². The molecule has 2 rings (SSSR count). The van der Waals surface area contributed by atoms with Gasteiger partial charge < -0.3 is 10.1 Å². The van der Waals surface area contributed by atoms with E-state index in [0.717, 1.165) is 0 Å². The molecule has 1 aromatic carbocycles. The van der Waals surface area contributed by atoms with Crippen LogP contribution in [-0.2, 0) is 4.79 Å². The molecule has 0 aliphatic carbocycles. The zero-order chi connectivity index (χ0) is 12.8. The summed E-state index contributed by atoms with van der Waals surface area (Å²) in [7, 11) is 0. The minimum atomic E-state index is -0.301. The van der Waals surface area contributed by atoms with Crippen LogP contribution in [0.1, 0.15) is 0 Å². The van der Waals surface area contributed by atoms with Crippen LogP contribution in [0.3, 0.4) is 0 Å². The van der Waals surface area contributed by atoms with Crippen molar-refractivity contribution in [2.24, 2.45) is 0 Å². The standard InChI is InChI=1S/C12H10ClN3O2/c13-9-3-1-4-10(7-9)16-11(17)8-18-12-14-5-2-6-15-12/h1-7H,8H2,(H,16,17). The molecule has 5 nitrogen and oxygen atoms in total. The smallest absolute Gasteiger partial charge is 0.316 e. The van der Waals surface area contributed by atoms with Crippen molar-refractivity contribution >= 4 is 23.2 Å². The molecule has 0 aliphatic rings. The summed E-state index contributed by atoms with van der Waals surface area (Å²) < 4.78 is 5.10. The van der Waals surface area contributed by atoms with Crippen LogP contribution in [0.15, 0.2) is 42.7 Å². The normalized spacial score (nSPS) is 9.83. The molecule has 92 valence electrons. The Kier molecular flexibility index (Phi) is 4.09. The second kappa shape index (κ2) is 5.97. The van der Waals surface area contributed by atoms with Gasteiger partial charge >= 0.3 is 6.01 Å². The molecular weight excluding hydrogens is 254 g/mol. The Labute approximate surface area is 109 Å². The summed E-state index contributed by atoms with van der Waals surface area (Å²) in [6.07, 6.45) is 3.08. The van der Waals surface area contributed by atoms with Gasteiger partial charge in [-0.15, -0.1) is 0 Å². The van der Waals surface area contributed by atoms with Crippen LogP contribution in [0, 0.1) is 0 Å². The first kappa shape index (κ1) is 12.3. The van der Waals surface area contributed by atoms with Gasteiger partial charge in [0.05, 0.1) is 0 Å². The minimum absolute atomic E-state index is 0.156. The number of ether oxygens (including phenoxy) is 1. The van der Waals surface area contributed by atoms with E-state index in [1.165, 1.54) is 12.4 Å². The summed E-state index contributed by atoms with van der Waals surface area (Å²) in [6.45, 7) is -0.156. The lowest BCUT2D eigenvalue weighted by atomic mass is 10.3. The number of nitrogens with zero attached hydrogens (tertiary/aromatic N) is 2. The third-order valence-corrected chi connectivity index (χ3v) is 2.22. The molecule has 0 saturated carbocycles. The summed E-state index contributed by atoms with van der Waals surface area (Å²) in [5.74, 6) is -0.301. The maximum Gasteiger partial charge on any atom is 0.316 e. The molecule has 0 bridgehead atoms. The zero-order valence-corrected chi connectivity index (χ0v) is 10.1. The summed E-state index contributed by atoms with van der Waals surface area (Å²) in [5, 5.41) is 3.20. The highest BCUT2D eigenvalue weighted by Gasteiger charge is 2.04. The number of hydrogen-bond acceptors (Lipinski definition) is 4. The number of hydrogen-bond donors (Lipinski definition) is 1. The SMILES string of the molecule is O=C(COc1ncccn1)Nc1cccc(Cl)c1. The second-order valence-corrected chi connectivity index (χ2v) is 3.82. The third kappa shape index (κ3) is 3.71. The largest absolute Gasteiger partial charge is 0.453 e. The molecule has 1 amide bonds. The Bertz CT molecular complexity index is 534. The van der Waals surface area contributed by atoms with Crippen molar-refractivity contribution in [2.45, 2.75) is 0 Å². The maximum atomic E-state index is 11.6. The van der Waals surface area contributed by atoms with Gasteiger partial charge in [0.15, 0.2) is 6.61 Å². The molecule has 0 fully saturated rings.